The zero-order valence-corrected chi connectivity index (χ0v) is 10.7. The summed E-state index contributed by atoms with van der Waals surface area (Å²) in [7, 11) is -3.08. The highest BCUT2D eigenvalue weighted by molar-refractivity contribution is 7.89. The van der Waals surface area contributed by atoms with Crippen LogP contribution in [0.15, 0.2) is 0 Å². The Balaban J connectivity index is 2.22. The van der Waals surface area contributed by atoms with Crippen molar-refractivity contribution in [3.63, 3.8) is 0 Å². The molecule has 5 heteroatoms. The van der Waals surface area contributed by atoms with Crippen LogP contribution in [0.4, 0.5) is 0 Å². The predicted octanol–water partition coefficient (Wildman–Crippen LogP) is 0.704. The van der Waals surface area contributed by atoms with Crippen LogP contribution in [0.2, 0.25) is 0 Å². The Bertz CT molecular complexity index is 299. The van der Waals surface area contributed by atoms with E-state index < -0.39 is 10.0 Å². The first-order valence-electron chi connectivity index (χ1n) is 5.58. The zero-order chi connectivity index (χ0) is 11.5. The van der Waals surface area contributed by atoms with Crippen LogP contribution in [0.3, 0.4) is 0 Å². The second-order valence-electron chi connectivity index (χ2n) is 4.93. The molecule has 0 heterocycles. The van der Waals surface area contributed by atoms with E-state index in [-0.39, 0.29) is 17.2 Å². The number of rotatable bonds is 7. The molecule has 1 unspecified atom stereocenters. The van der Waals surface area contributed by atoms with Crippen LogP contribution >= 0.6 is 0 Å². The topological polar surface area (TPSA) is 58.2 Å². The summed E-state index contributed by atoms with van der Waals surface area (Å²) in [4.78, 5) is 0. The van der Waals surface area contributed by atoms with Crippen molar-refractivity contribution in [2.75, 3.05) is 18.8 Å². The highest BCUT2D eigenvalue weighted by atomic mass is 32.2. The first-order valence-corrected chi connectivity index (χ1v) is 7.23. The van der Waals surface area contributed by atoms with Crippen molar-refractivity contribution in [2.24, 2.45) is 5.41 Å². The van der Waals surface area contributed by atoms with Gasteiger partial charge in [0.1, 0.15) is 0 Å². The Morgan fingerprint density at radius 3 is 2.40 bits per heavy atom. The Hall–Kier alpha value is -0.130. The van der Waals surface area contributed by atoms with E-state index in [4.69, 9.17) is 0 Å². The molecule has 0 amide bonds. The summed E-state index contributed by atoms with van der Waals surface area (Å²) < 4.78 is 25.9. The molecule has 2 N–H and O–H groups in total. The lowest BCUT2D eigenvalue weighted by atomic mass is 10.2. The van der Waals surface area contributed by atoms with Crippen LogP contribution in [0.5, 0.6) is 0 Å². The largest absolute Gasteiger partial charge is 0.316 e. The summed E-state index contributed by atoms with van der Waals surface area (Å²) in [5.41, 5.74) is 0.157. The fourth-order valence-electron chi connectivity index (χ4n) is 1.45. The average molecular weight is 234 g/mol. The Morgan fingerprint density at radius 2 is 1.93 bits per heavy atom. The standard InChI is InChI=1S/C10H22N2O2S/c1-4-5-11-6-7-15(13,14)12-9-8-10(9,2)3/h9,11-12H,4-8H2,1-3H3. The van der Waals surface area contributed by atoms with Gasteiger partial charge in [-0.25, -0.2) is 13.1 Å². The highest BCUT2D eigenvalue weighted by Crippen LogP contribution is 2.44. The molecule has 1 fully saturated rings. The average Bonchev–Trinajstić information content (AvgIpc) is 2.66. The summed E-state index contributed by atoms with van der Waals surface area (Å²) in [5.74, 6) is 0.180. The van der Waals surface area contributed by atoms with Crippen molar-refractivity contribution in [1.82, 2.24) is 10.0 Å². The number of sulfonamides is 1. The zero-order valence-electron chi connectivity index (χ0n) is 9.84. The highest BCUT2D eigenvalue weighted by Gasteiger charge is 2.47. The fraction of sp³-hybridized carbons (Fsp3) is 1.00. The maximum atomic E-state index is 11.6. The van der Waals surface area contributed by atoms with E-state index in [0.29, 0.717) is 6.54 Å². The Morgan fingerprint density at radius 1 is 1.33 bits per heavy atom. The molecule has 4 nitrogen and oxygen atoms in total. The van der Waals surface area contributed by atoms with Crippen molar-refractivity contribution in [3.05, 3.63) is 0 Å². The molecule has 1 saturated carbocycles. The molecule has 0 aromatic carbocycles. The normalized spacial score (nSPS) is 24.1. The molecule has 90 valence electrons. The van der Waals surface area contributed by atoms with Gasteiger partial charge >= 0.3 is 0 Å². The molecule has 0 saturated heterocycles. The molecular weight excluding hydrogens is 212 g/mol. The van der Waals surface area contributed by atoms with Crippen LogP contribution in [0.25, 0.3) is 0 Å². The van der Waals surface area contributed by atoms with Crippen molar-refractivity contribution in [3.8, 4) is 0 Å². The Kier molecular flexibility index (Phi) is 4.14. The summed E-state index contributed by atoms with van der Waals surface area (Å²) in [6.45, 7) is 7.64. The number of hydrogen-bond acceptors (Lipinski definition) is 3. The minimum absolute atomic E-state index is 0.147. The van der Waals surface area contributed by atoms with Gasteiger partial charge in [0.15, 0.2) is 0 Å². The molecule has 0 aliphatic heterocycles. The molecular formula is C10H22N2O2S. The third-order valence-electron chi connectivity index (χ3n) is 2.81. The van der Waals surface area contributed by atoms with E-state index in [9.17, 15) is 8.42 Å². The SMILES string of the molecule is CCCNCCS(=O)(=O)NC1CC1(C)C. The lowest BCUT2D eigenvalue weighted by molar-refractivity contribution is 0.552. The number of nitrogens with one attached hydrogen (secondary N) is 2. The van der Waals surface area contributed by atoms with E-state index >= 15 is 0 Å². The first kappa shape index (κ1) is 12.9. The molecule has 15 heavy (non-hydrogen) atoms. The van der Waals surface area contributed by atoms with E-state index in [1.807, 2.05) is 0 Å². The Labute approximate surface area is 92.9 Å². The second-order valence-corrected chi connectivity index (χ2v) is 6.81. The van der Waals surface area contributed by atoms with E-state index in [0.717, 1.165) is 19.4 Å². The van der Waals surface area contributed by atoms with Gasteiger partial charge in [-0.05, 0) is 24.8 Å². The van der Waals surface area contributed by atoms with Crippen LogP contribution in [-0.4, -0.2) is 33.3 Å². The first-order chi connectivity index (χ1) is 6.87. The third kappa shape index (κ3) is 4.49. The lowest BCUT2D eigenvalue weighted by Crippen LogP contribution is -2.34. The molecule has 1 atom stereocenters. The molecule has 0 spiro atoms. The third-order valence-corrected chi connectivity index (χ3v) is 4.19. The van der Waals surface area contributed by atoms with Crippen molar-refractivity contribution in [1.29, 1.82) is 0 Å². The molecule has 0 aromatic rings. The van der Waals surface area contributed by atoms with Crippen molar-refractivity contribution >= 4 is 10.0 Å². The van der Waals surface area contributed by atoms with Crippen molar-refractivity contribution < 1.29 is 8.42 Å². The van der Waals surface area contributed by atoms with E-state index in [1.54, 1.807) is 0 Å². The number of hydrogen-bond donors (Lipinski definition) is 2. The van der Waals surface area contributed by atoms with Crippen molar-refractivity contribution in [2.45, 2.75) is 39.7 Å². The second kappa shape index (κ2) is 4.80. The lowest BCUT2D eigenvalue weighted by Gasteiger charge is -2.08. The van der Waals surface area contributed by atoms with Crippen LogP contribution in [0, 0.1) is 5.41 Å². The van der Waals surface area contributed by atoms with Gasteiger partial charge < -0.3 is 5.32 Å². The summed E-state index contributed by atoms with van der Waals surface area (Å²) in [6, 6.07) is 0.147. The molecule has 0 aromatic heterocycles. The van der Waals surface area contributed by atoms with Gasteiger partial charge in [-0.15, -0.1) is 0 Å². The quantitative estimate of drug-likeness (QED) is 0.638. The summed E-state index contributed by atoms with van der Waals surface area (Å²) in [5, 5.41) is 3.09. The van der Waals surface area contributed by atoms with Crippen LogP contribution in [0.1, 0.15) is 33.6 Å². The van der Waals surface area contributed by atoms with Gasteiger partial charge in [-0.3, -0.25) is 0 Å². The van der Waals surface area contributed by atoms with Crippen LogP contribution in [-0.2, 0) is 10.0 Å². The summed E-state index contributed by atoms with van der Waals surface area (Å²) >= 11 is 0. The predicted molar refractivity (Wildman–Crippen MR) is 62.3 cm³/mol. The molecule has 0 bridgehead atoms. The summed E-state index contributed by atoms with van der Waals surface area (Å²) in [6.07, 6.45) is 1.98. The van der Waals surface area contributed by atoms with Gasteiger partial charge in [0, 0.05) is 12.6 Å². The van der Waals surface area contributed by atoms with Gasteiger partial charge in [-0.1, -0.05) is 20.8 Å². The van der Waals surface area contributed by atoms with Crippen LogP contribution < -0.4 is 10.0 Å². The molecule has 1 aliphatic carbocycles. The molecule has 1 aliphatic rings. The maximum Gasteiger partial charge on any atom is 0.213 e. The van der Waals surface area contributed by atoms with Gasteiger partial charge in [0.2, 0.25) is 10.0 Å². The molecule has 1 rings (SSSR count). The van der Waals surface area contributed by atoms with E-state index in [2.05, 4.69) is 30.8 Å². The maximum absolute atomic E-state index is 11.6. The van der Waals surface area contributed by atoms with Gasteiger partial charge in [-0.2, -0.15) is 0 Å². The minimum atomic E-state index is -3.08. The fourth-order valence-corrected chi connectivity index (χ4v) is 2.82. The van der Waals surface area contributed by atoms with Gasteiger partial charge in [0.25, 0.3) is 0 Å². The smallest absolute Gasteiger partial charge is 0.213 e. The van der Waals surface area contributed by atoms with E-state index in [1.165, 1.54) is 0 Å². The monoisotopic (exact) mass is 234 g/mol. The minimum Gasteiger partial charge on any atom is -0.316 e. The van der Waals surface area contributed by atoms with Gasteiger partial charge in [0.05, 0.1) is 5.75 Å². The molecule has 0 radical (unpaired) electrons.